The minimum atomic E-state index is 0.831. The predicted octanol–water partition coefficient (Wildman–Crippen LogP) is 17.2. The zero-order valence-electron chi connectivity index (χ0n) is 37.0. The molecule has 2 heterocycles. The fourth-order valence-corrected chi connectivity index (χ4v) is 10.1. The number of nitrogens with zero attached hydrogens (tertiary/aromatic N) is 4. The van der Waals surface area contributed by atoms with Gasteiger partial charge in [0.1, 0.15) is 0 Å². The van der Waals surface area contributed by atoms with E-state index in [2.05, 4.69) is 258 Å². The Hall–Kier alpha value is -9.12. The molecule has 0 saturated heterocycles. The van der Waals surface area contributed by atoms with Crippen molar-refractivity contribution in [2.45, 2.75) is 0 Å². The van der Waals surface area contributed by atoms with Crippen molar-refractivity contribution in [3.05, 3.63) is 255 Å². The molecule has 0 unspecified atom stereocenters. The minimum Gasteiger partial charge on any atom is -0.311 e. The average Bonchev–Trinajstić information content (AvgIpc) is 3.76. The van der Waals surface area contributed by atoms with Crippen LogP contribution < -0.4 is 4.90 Å². The van der Waals surface area contributed by atoms with Gasteiger partial charge in [-0.1, -0.05) is 170 Å². The van der Waals surface area contributed by atoms with Crippen molar-refractivity contribution in [3.63, 3.8) is 0 Å². The fourth-order valence-electron chi connectivity index (χ4n) is 10.1. The summed E-state index contributed by atoms with van der Waals surface area (Å²) in [5.74, 6) is 0. The van der Waals surface area contributed by atoms with Crippen molar-refractivity contribution in [2.75, 3.05) is 4.90 Å². The number of aromatic nitrogens is 3. The molecule has 0 atom stereocenters. The highest BCUT2D eigenvalue weighted by atomic mass is 15.1. The van der Waals surface area contributed by atoms with E-state index in [4.69, 9.17) is 9.97 Å². The molecule has 0 fully saturated rings. The maximum absolute atomic E-state index is 5.41. The quantitative estimate of drug-likeness (QED) is 0.143. The summed E-state index contributed by atoms with van der Waals surface area (Å²) in [6, 6.07) is 89.0. The van der Waals surface area contributed by atoms with Crippen molar-refractivity contribution in [2.24, 2.45) is 0 Å². The number of fused-ring (bicyclic) bond motifs is 9. The molecule has 0 aliphatic carbocycles. The zero-order valence-corrected chi connectivity index (χ0v) is 37.0. The van der Waals surface area contributed by atoms with Crippen molar-refractivity contribution in [1.82, 2.24) is 14.5 Å². The molecule has 2 aromatic heterocycles. The van der Waals surface area contributed by atoms with Crippen LogP contribution in [0.2, 0.25) is 0 Å². The Labute approximate surface area is 394 Å². The van der Waals surface area contributed by atoms with Crippen LogP contribution in [0.15, 0.2) is 255 Å². The second kappa shape index (κ2) is 16.4. The predicted molar refractivity (Wildman–Crippen MR) is 285 cm³/mol. The molecule has 0 radical (unpaired) electrons. The van der Waals surface area contributed by atoms with Gasteiger partial charge in [0, 0.05) is 49.9 Å². The molecule has 13 aromatic rings. The highest BCUT2D eigenvalue weighted by Gasteiger charge is 2.18. The Morgan fingerprint density at radius 1 is 0.294 bits per heavy atom. The lowest BCUT2D eigenvalue weighted by Crippen LogP contribution is -2.09. The second-order valence-corrected chi connectivity index (χ2v) is 17.4. The van der Waals surface area contributed by atoms with Crippen LogP contribution in [0.5, 0.6) is 0 Å². The lowest BCUT2D eigenvalue weighted by molar-refractivity contribution is 1.18. The standard InChI is InChI=1S/C64H42N4/c1-5-15-43(16-6-1)47-29-36-55-57(39-47)58-40-48(44-17-7-2-8-18-44)30-37-56(58)64-63(55)65-42-60(66-64)46-27-34-53(35-28-46)67(50-19-9-3-10-20-50)52-32-25-45(26-33-52)49-31-38-62-59(41-49)54-23-13-14-24-61(54)68(62)51-21-11-4-12-22-51/h1-42H. The van der Waals surface area contributed by atoms with E-state index in [-0.39, 0.29) is 0 Å². The lowest BCUT2D eigenvalue weighted by Gasteiger charge is -2.26. The highest BCUT2D eigenvalue weighted by molar-refractivity contribution is 6.24. The van der Waals surface area contributed by atoms with Gasteiger partial charge in [-0.3, -0.25) is 4.98 Å². The molecule has 318 valence electrons. The van der Waals surface area contributed by atoms with Crippen LogP contribution in [0, 0.1) is 0 Å². The lowest BCUT2D eigenvalue weighted by atomic mass is 9.93. The third kappa shape index (κ3) is 6.78. The average molecular weight is 867 g/mol. The van der Waals surface area contributed by atoms with Gasteiger partial charge in [0.2, 0.25) is 0 Å². The summed E-state index contributed by atoms with van der Waals surface area (Å²) in [5.41, 5.74) is 17.5. The number of para-hydroxylation sites is 3. The molecule has 0 aliphatic heterocycles. The maximum Gasteiger partial charge on any atom is 0.0979 e. The molecular weight excluding hydrogens is 825 g/mol. The first-order chi connectivity index (χ1) is 33.7. The molecule has 0 bridgehead atoms. The molecule has 0 aliphatic rings. The van der Waals surface area contributed by atoms with E-state index in [1.807, 2.05) is 6.20 Å². The van der Waals surface area contributed by atoms with E-state index in [9.17, 15) is 0 Å². The third-order valence-electron chi connectivity index (χ3n) is 13.4. The SMILES string of the molecule is c1ccc(-c2ccc3c(c2)c2cc(-c4ccccc4)ccc2c2nc(-c4ccc(N(c5ccccc5)c5ccc(-c6ccc7c(c6)c6ccccc6n7-c6ccccc6)cc5)cc4)cnc32)cc1. The number of hydrogen-bond donors (Lipinski definition) is 0. The van der Waals surface area contributed by atoms with E-state index < -0.39 is 0 Å². The maximum atomic E-state index is 5.41. The summed E-state index contributed by atoms with van der Waals surface area (Å²) < 4.78 is 2.36. The van der Waals surface area contributed by atoms with Gasteiger partial charge in [-0.15, -0.1) is 0 Å². The molecule has 13 rings (SSSR count). The molecule has 11 aromatic carbocycles. The summed E-state index contributed by atoms with van der Waals surface area (Å²) in [5, 5.41) is 6.99. The minimum absolute atomic E-state index is 0.831. The van der Waals surface area contributed by atoms with Gasteiger partial charge in [0.25, 0.3) is 0 Å². The number of hydrogen-bond acceptors (Lipinski definition) is 3. The smallest absolute Gasteiger partial charge is 0.0979 e. The number of anilines is 3. The van der Waals surface area contributed by atoms with Crippen molar-refractivity contribution >= 4 is 71.4 Å². The van der Waals surface area contributed by atoms with Crippen LogP contribution in [-0.2, 0) is 0 Å². The number of rotatable bonds is 8. The van der Waals surface area contributed by atoms with Crippen LogP contribution in [0.4, 0.5) is 17.1 Å². The van der Waals surface area contributed by atoms with Crippen LogP contribution in [0.3, 0.4) is 0 Å². The van der Waals surface area contributed by atoms with Crippen LogP contribution in [0.25, 0.3) is 105 Å². The fraction of sp³-hybridized carbons (Fsp3) is 0. The molecule has 0 N–H and O–H groups in total. The van der Waals surface area contributed by atoms with Crippen molar-refractivity contribution in [3.8, 4) is 50.3 Å². The first-order valence-electron chi connectivity index (χ1n) is 23.1. The summed E-state index contributed by atoms with van der Waals surface area (Å²) in [4.78, 5) is 12.9. The summed E-state index contributed by atoms with van der Waals surface area (Å²) >= 11 is 0. The molecule has 4 nitrogen and oxygen atoms in total. The second-order valence-electron chi connectivity index (χ2n) is 17.4. The topological polar surface area (TPSA) is 34.0 Å². The Bertz CT molecular complexity index is 3980. The zero-order chi connectivity index (χ0) is 45.0. The molecule has 0 saturated carbocycles. The van der Waals surface area contributed by atoms with E-state index in [0.717, 1.165) is 61.2 Å². The van der Waals surface area contributed by atoms with Gasteiger partial charge in [0.05, 0.1) is 34.0 Å². The van der Waals surface area contributed by atoms with Crippen LogP contribution in [0.1, 0.15) is 0 Å². The van der Waals surface area contributed by atoms with E-state index in [1.165, 1.54) is 60.6 Å². The normalized spacial score (nSPS) is 11.5. The molecule has 68 heavy (non-hydrogen) atoms. The molecule has 4 heteroatoms. The largest absolute Gasteiger partial charge is 0.311 e. The number of benzene rings is 11. The van der Waals surface area contributed by atoms with Gasteiger partial charge < -0.3 is 9.47 Å². The summed E-state index contributed by atoms with van der Waals surface area (Å²) in [6.45, 7) is 0. The first-order valence-corrected chi connectivity index (χ1v) is 23.1. The van der Waals surface area contributed by atoms with Gasteiger partial charge in [-0.05, 0) is 123 Å². The van der Waals surface area contributed by atoms with E-state index in [1.54, 1.807) is 0 Å². The first kappa shape index (κ1) is 39.3. The van der Waals surface area contributed by atoms with E-state index in [0.29, 0.717) is 0 Å². The van der Waals surface area contributed by atoms with Gasteiger partial charge >= 0.3 is 0 Å². The Kier molecular flexibility index (Phi) is 9.47. The van der Waals surface area contributed by atoms with Gasteiger partial charge in [-0.2, -0.15) is 0 Å². The van der Waals surface area contributed by atoms with Crippen molar-refractivity contribution in [1.29, 1.82) is 0 Å². The van der Waals surface area contributed by atoms with E-state index >= 15 is 0 Å². The Morgan fingerprint density at radius 3 is 1.35 bits per heavy atom. The highest BCUT2D eigenvalue weighted by Crippen LogP contribution is 2.41. The molecule has 0 amide bonds. The van der Waals surface area contributed by atoms with Gasteiger partial charge in [0.15, 0.2) is 0 Å². The monoisotopic (exact) mass is 866 g/mol. The Balaban J connectivity index is 0.868. The van der Waals surface area contributed by atoms with Crippen LogP contribution in [-0.4, -0.2) is 14.5 Å². The van der Waals surface area contributed by atoms with Crippen molar-refractivity contribution < 1.29 is 0 Å². The third-order valence-corrected chi connectivity index (χ3v) is 13.4. The summed E-state index contributed by atoms with van der Waals surface area (Å²) in [6.07, 6.45) is 1.93. The van der Waals surface area contributed by atoms with Gasteiger partial charge in [-0.25, -0.2) is 4.98 Å². The molecule has 0 spiro atoms. The Morgan fingerprint density at radius 2 is 0.735 bits per heavy atom. The molecular formula is C64H42N4. The summed E-state index contributed by atoms with van der Waals surface area (Å²) in [7, 11) is 0. The van der Waals surface area contributed by atoms with Crippen LogP contribution >= 0.6 is 0 Å².